The molecule has 33 heavy (non-hydrogen) atoms. The van der Waals surface area contributed by atoms with Gasteiger partial charge in [0.05, 0.1) is 22.3 Å². The first-order chi connectivity index (χ1) is 15.9. The third-order valence-electron chi connectivity index (χ3n) is 5.67. The Hall–Kier alpha value is -3.01. The van der Waals surface area contributed by atoms with Crippen LogP contribution in [-0.4, -0.2) is 64.3 Å². The van der Waals surface area contributed by atoms with Crippen molar-refractivity contribution in [1.82, 2.24) is 25.1 Å². The first-order valence-corrected chi connectivity index (χ1v) is 11.8. The smallest absolute Gasteiger partial charge is 0.240 e. The lowest BCUT2D eigenvalue weighted by Crippen LogP contribution is -2.57. The van der Waals surface area contributed by atoms with Crippen LogP contribution in [0.4, 0.5) is 5.82 Å². The highest BCUT2D eigenvalue weighted by Gasteiger charge is 2.35. The number of carbonyl (C=O) groups excluding carboxylic acids is 2. The standard InChI is InChI=1S/C23H25ClN6O2S/c1-26-21(31)12-19-23(32)30(10-9-29(19)8-2-3-16-5-7-20(24)33-16)13-15-4-6-17-18(11-15)27-14-28-22(17)25/h2-7,11,14,19H,8-10,12-13H2,1H3,(H,26,31)(H2,25,27,28)/t19-/m0/s1. The largest absolute Gasteiger partial charge is 0.383 e. The highest BCUT2D eigenvalue weighted by atomic mass is 35.5. The van der Waals surface area contributed by atoms with Gasteiger partial charge in [-0.05, 0) is 35.9 Å². The van der Waals surface area contributed by atoms with Gasteiger partial charge in [0, 0.05) is 43.5 Å². The lowest BCUT2D eigenvalue weighted by molar-refractivity contribution is -0.144. The molecule has 3 aromatic rings. The van der Waals surface area contributed by atoms with E-state index in [1.807, 2.05) is 47.4 Å². The van der Waals surface area contributed by atoms with E-state index in [4.69, 9.17) is 17.3 Å². The summed E-state index contributed by atoms with van der Waals surface area (Å²) in [5.74, 6) is 0.214. The zero-order valence-electron chi connectivity index (χ0n) is 18.2. The lowest BCUT2D eigenvalue weighted by atomic mass is 10.0. The second-order valence-electron chi connectivity index (χ2n) is 7.80. The molecule has 2 amide bonds. The third kappa shape index (κ3) is 5.50. The van der Waals surface area contributed by atoms with Crippen molar-refractivity contribution in [3.8, 4) is 0 Å². The minimum atomic E-state index is -0.520. The molecule has 3 heterocycles. The second-order valence-corrected chi connectivity index (χ2v) is 9.55. The van der Waals surface area contributed by atoms with Crippen molar-refractivity contribution in [2.24, 2.45) is 0 Å². The number of anilines is 1. The van der Waals surface area contributed by atoms with E-state index in [1.54, 1.807) is 11.9 Å². The molecule has 1 atom stereocenters. The molecule has 1 aromatic carbocycles. The molecule has 0 bridgehead atoms. The van der Waals surface area contributed by atoms with Crippen LogP contribution in [0.3, 0.4) is 0 Å². The average molecular weight is 485 g/mol. The van der Waals surface area contributed by atoms with E-state index in [0.717, 1.165) is 25.7 Å². The molecule has 0 unspecified atom stereocenters. The van der Waals surface area contributed by atoms with E-state index in [2.05, 4.69) is 15.3 Å². The number of rotatable bonds is 7. The summed E-state index contributed by atoms with van der Waals surface area (Å²) >= 11 is 7.49. The number of hydrogen-bond donors (Lipinski definition) is 2. The average Bonchev–Trinajstić information content (AvgIpc) is 3.22. The molecule has 10 heteroatoms. The van der Waals surface area contributed by atoms with E-state index < -0.39 is 6.04 Å². The number of benzene rings is 1. The molecule has 1 aliphatic heterocycles. The van der Waals surface area contributed by atoms with Gasteiger partial charge in [0.25, 0.3) is 0 Å². The maximum Gasteiger partial charge on any atom is 0.240 e. The van der Waals surface area contributed by atoms with Crippen LogP contribution in [0.2, 0.25) is 4.34 Å². The summed E-state index contributed by atoms with van der Waals surface area (Å²) in [6.07, 6.45) is 5.55. The summed E-state index contributed by atoms with van der Waals surface area (Å²) in [4.78, 5) is 38.7. The number of halogens is 1. The quantitative estimate of drug-likeness (QED) is 0.534. The van der Waals surface area contributed by atoms with Crippen LogP contribution in [0.5, 0.6) is 0 Å². The Morgan fingerprint density at radius 3 is 2.91 bits per heavy atom. The van der Waals surface area contributed by atoms with Crippen molar-refractivity contribution in [1.29, 1.82) is 0 Å². The van der Waals surface area contributed by atoms with E-state index in [0.29, 0.717) is 32.0 Å². The maximum absolute atomic E-state index is 13.4. The van der Waals surface area contributed by atoms with Crippen LogP contribution in [0.1, 0.15) is 16.9 Å². The molecule has 3 N–H and O–H groups in total. The van der Waals surface area contributed by atoms with Crippen LogP contribution in [0, 0.1) is 0 Å². The normalized spacial score (nSPS) is 17.2. The summed E-state index contributed by atoms with van der Waals surface area (Å²) < 4.78 is 0.735. The van der Waals surface area contributed by atoms with Crippen molar-refractivity contribution >= 4 is 57.5 Å². The van der Waals surface area contributed by atoms with Crippen molar-refractivity contribution in [2.45, 2.75) is 19.0 Å². The van der Waals surface area contributed by atoms with Gasteiger partial charge in [-0.1, -0.05) is 23.7 Å². The van der Waals surface area contributed by atoms with Gasteiger partial charge in [-0.3, -0.25) is 14.5 Å². The number of thiophene rings is 1. The third-order valence-corrected chi connectivity index (χ3v) is 6.87. The van der Waals surface area contributed by atoms with Crippen molar-refractivity contribution < 1.29 is 9.59 Å². The molecular formula is C23H25ClN6O2S. The fourth-order valence-corrected chi connectivity index (χ4v) is 4.91. The summed E-state index contributed by atoms with van der Waals surface area (Å²) in [7, 11) is 1.58. The van der Waals surface area contributed by atoms with E-state index in [1.165, 1.54) is 17.7 Å². The molecule has 8 nitrogen and oxygen atoms in total. The van der Waals surface area contributed by atoms with E-state index in [-0.39, 0.29) is 18.2 Å². The van der Waals surface area contributed by atoms with Crippen LogP contribution in [-0.2, 0) is 16.1 Å². The Morgan fingerprint density at radius 2 is 2.15 bits per heavy atom. The predicted octanol–water partition coefficient (Wildman–Crippen LogP) is 2.79. The fraction of sp³-hybridized carbons (Fsp3) is 0.304. The number of amides is 2. The monoisotopic (exact) mass is 484 g/mol. The summed E-state index contributed by atoms with van der Waals surface area (Å²) in [5.41, 5.74) is 7.61. The van der Waals surface area contributed by atoms with Gasteiger partial charge in [-0.2, -0.15) is 0 Å². The van der Waals surface area contributed by atoms with Crippen LogP contribution in [0.25, 0.3) is 17.0 Å². The molecule has 0 radical (unpaired) electrons. The minimum Gasteiger partial charge on any atom is -0.383 e. The molecule has 4 rings (SSSR count). The SMILES string of the molecule is CNC(=O)C[C@H]1C(=O)N(Cc2ccc3c(N)ncnc3c2)CCN1CC=Cc1ccc(Cl)s1. The summed E-state index contributed by atoms with van der Waals surface area (Å²) in [5, 5.41) is 3.42. The Balaban J connectivity index is 1.48. The van der Waals surface area contributed by atoms with Crippen LogP contribution >= 0.6 is 22.9 Å². The predicted molar refractivity (Wildman–Crippen MR) is 132 cm³/mol. The zero-order valence-corrected chi connectivity index (χ0v) is 19.8. The zero-order chi connectivity index (χ0) is 23.4. The number of fused-ring (bicyclic) bond motifs is 1. The molecule has 0 saturated carbocycles. The van der Waals surface area contributed by atoms with Crippen molar-refractivity contribution in [3.05, 3.63) is 57.5 Å². The van der Waals surface area contributed by atoms with Gasteiger partial charge in [-0.15, -0.1) is 11.3 Å². The maximum atomic E-state index is 13.4. The first-order valence-electron chi connectivity index (χ1n) is 10.6. The molecule has 0 spiro atoms. The number of nitrogens with one attached hydrogen (secondary N) is 1. The summed E-state index contributed by atoms with van der Waals surface area (Å²) in [6, 6.07) is 9.03. The Bertz CT molecular complexity index is 1200. The molecule has 1 fully saturated rings. The lowest BCUT2D eigenvalue weighted by Gasteiger charge is -2.40. The van der Waals surface area contributed by atoms with Gasteiger partial charge >= 0.3 is 0 Å². The van der Waals surface area contributed by atoms with Gasteiger partial charge < -0.3 is 16.0 Å². The van der Waals surface area contributed by atoms with E-state index in [9.17, 15) is 9.59 Å². The Labute approximate surface area is 201 Å². The fourth-order valence-electron chi connectivity index (χ4n) is 3.92. The number of hydrogen-bond acceptors (Lipinski definition) is 7. The summed E-state index contributed by atoms with van der Waals surface area (Å²) in [6.45, 7) is 2.26. The van der Waals surface area contributed by atoms with Gasteiger partial charge in [0.1, 0.15) is 12.1 Å². The second kappa shape index (κ2) is 10.3. The number of aromatic nitrogens is 2. The first kappa shape index (κ1) is 23.2. The molecule has 0 aliphatic carbocycles. The van der Waals surface area contributed by atoms with Crippen molar-refractivity contribution in [2.75, 3.05) is 32.4 Å². The molecular weight excluding hydrogens is 460 g/mol. The number of nitrogens with zero attached hydrogens (tertiary/aromatic N) is 4. The highest BCUT2D eigenvalue weighted by Crippen LogP contribution is 2.24. The van der Waals surface area contributed by atoms with E-state index >= 15 is 0 Å². The number of nitrogens with two attached hydrogens (primary N) is 1. The van der Waals surface area contributed by atoms with Crippen LogP contribution < -0.4 is 11.1 Å². The molecule has 2 aromatic heterocycles. The molecule has 1 saturated heterocycles. The number of piperazine rings is 1. The number of nitrogen functional groups attached to an aromatic ring is 1. The van der Waals surface area contributed by atoms with Crippen molar-refractivity contribution in [3.63, 3.8) is 0 Å². The minimum absolute atomic E-state index is 0.0558. The highest BCUT2D eigenvalue weighted by molar-refractivity contribution is 7.16. The van der Waals surface area contributed by atoms with Gasteiger partial charge in [-0.25, -0.2) is 9.97 Å². The molecule has 1 aliphatic rings. The number of carbonyl (C=O) groups is 2. The molecule has 172 valence electrons. The van der Waals surface area contributed by atoms with Gasteiger partial charge in [0.15, 0.2) is 0 Å². The topological polar surface area (TPSA) is 104 Å². The Morgan fingerprint density at radius 1 is 1.30 bits per heavy atom. The Kier molecular flexibility index (Phi) is 7.22. The van der Waals surface area contributed by atoms with Crippen LogP contribution in [0.15, 0.2) is 42.7 Å². The van der Waals surface area contributed by atoms with Gasteiger partial charge in [0.2, 0.25) is 11.8 Å².